The Hall–Kier alpha value is -0.180. The third-order valence-electron chi connectivity index (χ3n) is 3.98. The summed E-state index contributed by atoms with van der Waals surface area (Å²) in [6.07, 6.45) is 7.00. The van der Waals surface area contributed by atoms with Crippen molar-refractivity contribution in [2.75, 3.05) is 18.8 Å². The van der Waals surface area contributed by atoms with Crippen LogP contribution in [0.2, 0.25) is 0 Å². The van der Waals surface area contributed by atoms with Crippen molar-refractivity contribution in [3.63, 3.8) is 0 Å². The largest absolute Gasteiger partial charge is 0.364 e. The highest BCUT2D eigenvalue weighted by molar-refractivity contribution is 8.13. The molecule has 17 heavy (non-hydrogen) atoms. The third kappa shape index (κ3) is 3.90. The molecule has 1 saturated carbocycles. The Bertz CT molecular complexity index is 291. The van der Waals surface area contributed by atoms with E-state index in [1.807, 2.05) is 11.8 Å². The molecule has 1 fully saturated rings. The summed E-state index contributed by atoms with van der Waals surface area (Å²) in [4.78, 5) is 4.67. The van der Waals surface area contributed by atoms with Crippen molar-refractivity contribution in [1.29, 1.82) is 0 Å². The Kier molecular flexibility index (Phi) is 4.06. The molecular weight excluding hydrogens is 228 g/mol. The fourth-order valence-corrected chi connectivity index (χ4v) is 3.57. The van der Waals surface area contributed by atoms with E-state index in [0.29, 0.717) is 10.8 Å². The van der Waals surface area contributed by atoms with Gasteiger partial charge in [0.1, 0.15) is 0 Å². The van der Waals surface area contributed by atoms with Crippen LogP contribution in [0.25, 0.3) is 0 Å². The van der Waals surface area contributed by atoms with E-state index >= 15 is 0 Å². The molecule has 2 nitrogen and oxygen atoms in total. The standard InChI is InChI=1S/C14H26N2S/c1-13(2)9-15-12(17-11-13)16-10-14(3)7-5-4-6-8-14/h4-11H2,1-3H3,(H,15,16). The molecule has 0 amide bonds. The minimum atomic E-state index is 0.380. The molecular formula is C14H26N2S. The fraction of sp³-hybridized carbons (Fsp3) is 0.929. The smallest absolute Gasteiger partial charge is 0.156 e. The molecule has 2 aliphatic rings. The van der Waals surface area contributed by atoms with Gasteiger partial charge in [0.15, 0.2) is 5.17 Å². The lowest BCUT2D eigenvalue weighted by molar-refractivity contribution is 0.218. The van der Waals surface area contributed by atoms with Crippen LogP contribution in [0.1, 0.15) is 52.9 Å². The van der Waals surface area contributed by atoms with Crippen LogP contribution < -0.4 is 5.32 Å². The van der Waals surface area contributed by atoms with Gasteiger partial charge in [0.05, 0.1) is 0 Å². The summed E-state index contributed by atoms with van der Waals surface area (Å²) in [5, 5.41) is 4.76. The van der Waals surface area contributed by atoms with Gasteiger partial charge in [0, 0.05) is 18.8 Å². The number of aliphatic imine (C=N–C) groups is 1. The van der Waals surface area contributed by atoms with Crippen molar-refractivity contribution in [2.24, 2.45) is 15.8 Å². The molecule has 98 valence electrons. The van der Waals surface area contributed by atoms with E-state index in [9.17, 15) is 0 Å². The molecule has 0 saturated heterocycles. The lowest BCUT2D eigenvalue weighted by Crippen LogP contribution is -2.38. The van der Waals surface area contributed by atoms with Crippen molar-refractivity contribution in [3.8, 4) is 0 Å². The van der Waals surface area contributed by atoms with Gasteiger partial charge in [0.25, 0.3) is 0 Å². The second-order valence-electron chi connectivity index (χ2n) is 6.80. The molecule has 2 rings (SSSR count). The number of hydrogen-bond acceptors (Lipinski definition) is 3. The third-order valence-corrected chi connectivity index (χ3v) is 5.45. The van der Waals surface area contributed by atoms with Crippen LogP contribution in [0.4, 0.5) is 0 Å². The molecule has 0 atom stereocenters. The molecule has 0 aromatic rings. The molecule has 0 aromatic carbocycles. The lowest BCUT2D eigenvalue weighted by Gasteiger charge is -2.35. The number of amidine groups is 1. The fourth-order valence-electron chi connectivity index (χ4n) is 2.62. The van der Waals surface area contributed by atoms with Gasteiger partial charge < -0.3 is 5.32 Å². The molecule has 0 aromatic heterocycles. The zero-order valence-electron chi connectivity index (χ0n) is 11.5. The highest BCUT2D eigenvalue weighted by atomic mass is 32.2. The summed E-state index contributed by atoms with van der Waals surface area (Å²) in [6, 6.07) is 0. The normalized spacial score (nSPS) is 27.4. The molecule has 1 aliphatic carbocycles. The molecule has 0 spiro atoms. The van der Waals surface area contributed by atoms with Crippen LogP contribution in [-0.4, -0.2) is 24.0 Å². The number of thioether (sulfide) groups is 1. The van der Waals surface area contributed by atoms with Crippen molar-refractivity contribution in [1.82, 2.24) is 5.32 Å². The minimum Gasteiger partial charge on any atom is -0.364 e. The van der Waals surface area contributed by atoms with Crippen LogP contribution in [0, 0.1) is 10.8 Å². The van der Waals surface area contributed by atoms with Gasteiger partial charge in [-0.15, -0.1) is 0 Å². The predicted octanol–water partition coefficient (Wildman–Crippen LogP) is 3.68. The Morgan fingerprint density at radius 2 is 1.88 bits per heavy atom. The highest BCUT2D eigenvalue weighted by Gasteiger charge is 2.28. The number of nitrogens with zero attached hydrogens (tertiary/aromatic N) is 1. The minimum absolute atomic E-state index is 0.380. The first-order chi connectivity index (χ1) is 7.99. The average Bonchev–Trinajstić information content (AvgIpc) is 2.29. The summed E-state index contributed by atoms with van der Waals surface area (Å²) in [5.41, 5.74) is 0.888. The Morgan fingerprint density at radius 3 is 2.47 bits per heavy atom. The molecule has 0 bridgehead atoms. The quantitative estimate of drug-likeness (QED) is 0.813. The van der Waals surface area contributed by atoms with Crippen LogP contribution >= 0.6 is 11.8 Å². The molecule has 1 N–H and O–H groups in total. The van der Waals surface area contributed by atoms with Crippen molar-refractivity contribution in [3.05, 3.63) is 0 Å². The van der Waals surface area contributed by atoms with E-state index in [1.54, 1.807) is 0 Å². The van der Waals surface area contributed by atoms with Crippen molar-refractivity contribution in [2.45, 2.75) is 52.9 Å². The molecule has 0 radical (unpaired) electrons. The van der Waals surface area contributed by atoms with E-state index in [0.717, 1.165) is 13.1 Å². The maximum absolute atomic E-state index is 4.67. The number of rotatable bonds is 2. The second-order valence-corrected chi connectivity index (χ2v) is 7.76. The first-order valence-corrected chi connectivity index (χ1v) is 7.89. The van der Waals surface area contributed by atoms with Crippen LogP contribution in [0.3, 0.4) is 0 Å². The topological polar surface area (TPSA) is 24.4 Å². The molecule has 1 aliphatic heterocycles. The van der Waals surface area contributed by atoms with Crippen LogP contribution in [-0.2, 0) is 0 Å². The van der Waals surface area contributed by atoms with Crippen LogP contribution in [0.15, 0.2) is 4.99 Å². The first kappa shape index (κ1) is 13.3. The Morgan fingerprint density at radius 1 is 1.18 bits per heavy atom. The maximum atomic E-state index is 4.67. The van der Waals surface area contributed by atoms with E-state index < -0.39 is 0 Å². The van der Waals surface area contributed by atoms with Gasteiger partial charge in [-0.1, -0.05) is 51.8 Å². The SMILES string of the molecule is CC1(C)CN=C(NCC2(C)CCCCC2)SC1. The molecule has 0 unspecified atom stereocenters. The van der Waals surface area contributed by atoms with Gasteiger partial charge in [0.2, 0.25) is 0 Å². The number of hydrogen-bond donors (Lipinski definition) is 1. The van der Waals surface area contributed by atoms with E-state index in [4.69, 9.17) is 0 Å². The monoisotopic (exact) mass is 254 g/mol. The summed E-state index contributed by atoms with van der Waals surface area (Å²) >= 11 is 1.90. The highest BCUT2D eigenvalue weighted by Crippen LogP contribution is 2.35. The molecule has 1 heterocycles. The Labute approximate surface area is 110 Å². The Balaban J connectivity index is 1.80. The average molecular weight is 254 g/mol. The van der Waals surface area contributed by atoms with Crippen LogP contribution in [0.5, 0.6) is 0 Å². The van der Waals surface area contributed by atoms with Gasteiger partial charge >= 0.3 is 0 Å². The van der Waals surface area contributed by atoms with Gasteiger partial charge in [-0.2, -0.15) is 0 Å². The van der Waals surface area contributed by atoms with Crippen molar-refractivity contribution >= 4 is 16.9 Å². The van der Waals surface area contributed by atoms with Gasteiger partial charge in [-0.05, 0) is 23.7 Å². The summed E-state index contributed by atoms with van der Waals surface area (Å²) in [7, 11) is 0. The zero-order chi connectivity index (χ0) is 12.4. The van der Waals surface area contributed by atoms with Gasteiger partial charge in [-0.25, -0.2) is 0 Å². The van der Waals surface area contributed by atoms with E-state index in [2.05, 4.69) is 31.1 Å². The summed E-state index contributed by atoms with van der Waals surface area (Å²) < 4.78 is 0. The summed E-state index contributed by atoms with van der Waals surface area (Å²) in [5.74, 6) is 1.19. The van der Waals surface area contributed by atoms with Crippen molar-refractivity contribution < 1.29 is 0 Å². The van der Waals surface area contributed by atoms with E-state index in [1.165, 1.54) is 43.0 Å². The second kappa shape index (κ2) is 5.21. The number of nitrogens with one attached hydrogen (secondary N) is 1. The maximum Gasteiger partial charge on any atom is 0.156 e. The predicted molar refractivity (Wildman–Crippen MR) is 77.7 cm³/mol. The van der Waals surface area contributed by atoms with Gasteiger partial charge in [-0.3, -0.25) is 4.99 Å². The molecule has 3 heteroatoms. The summed E-state index contributed by atoms with van der Waals surface area (Å²) in [6.45, 7) is 9.10. The zero-order valence-corrected chi connectivity index (χ0v) is 12.3. The van der Waals surface area contributed by atoms with E-state index in [-0.39, 0.29) is 0 Å². The first-order valence-electron chi connectivity index (χ1n) is 6.90. The lowest BCUT2D eigenvalue weighted by atomic mass is 9.76.